The van der Waals surface area contributed by atoms with Crippen molar-refractivity contribution in [3.05, 3.63) is 0 Å². The molecule has 1 atom stereocenters. The van der Waals surface area contributed by atoms with Crippen LogP contribution in [0.5, 0.6) is 0 Å². The normalized spacial score (nSPS) is 26.3. The molecule has 0 spiro atoms. The molecule has 0 aliphatic carbocycles. The molecule has 0 aromatic rings. The standard InChI is InChI=1S/C6H12O3/c1-6(3-7,4-8)5-2-9-5/h5,7-8H,2-4H2,1H3. The van der Waals surface area contributed by atoms with Gasteiger partial charge in [-0.2, -0.15) is 0 Å². The minimum absolute atomic E-state index is 0.00579. The zero-order chi connectivity index (χ0) is 6.91. The summed E-state index contributed by atoms with van der Waals surface area (Å²) in [5, 5.41) is 17.5. The van der Waals surface area contributed by atoms with Crippen molar-refractivity contribution in [1.82, 2.24) is 0 Å². The fraction of sp³-hybridized carbons (Fsp3) is 1.00. The lowest BCUT2D eigenvalue weighted by Gasteiger charge is -2.21. The van der Waals surface area contributed by atoms with Crippen LogP contribution in [0.3, 0.4) is 0 Å². The number of rotatable bonds is 3. The van der Waals surface area contributed by atoms with E-state index in [0.29, 0.717) is 6.61 Å². The van der Waals surface area contributed by atoms with Gasteiger partial charge >= 0.3 is 0 Å². The van der Waals surface area contributed by atoms with Crippen LogP contribution in [0.2, 0.25) is 0 Å². The van der Waals surface area contributed by atoms with Crippen molar-refractivity contribution in [3.63, 3.8) is 0 Å². The maximum atomic E-state index is 8.76. The van der Waals surface area contributed by atoms with Crippen LogP contribution in [0.1, 0.15) is 6.92 Å². The fourth-order valence-electron chi connectivity index (χ4n) is 0.704. The first kappa shape index (κ1) is 6.99. The molecule has 1 heterocycles. The van der Waals surface area contributed by atoms with Crippen LogP contribution < -0.4 is 0 Å². The topological polar surface area (TPSA) is 53.0 Å². The van der Waals surface area contributed by atoms with Crippen LogP contribution in [0.25, 0.3) is 0 Å². The Labute approximate surface area is 54.3 Å². The molecule has 0 radical (unpaired) electrons. The third kappa shape index (κ3) is 1.23. The summed E-state index contributed by atoms with van der Waals surface area (Å²) in [6.07, 6.45) is 0.0764. The Hall–Kier alpha value is -0.120. The zero-order valence-corrected chi connectivity index (χ0v) is 5.50. The van der Waals surface area contributed by atoms with E-state index in [9.17, 15) is 0 Å². The van der Waals surface area contributed by atoms with Gasteiger partial charge in [0.05, 0.1) is 25.9 Å². The molecule has 1 fully saturated rings. The van der Waals surface area contributed by atoms with E-state index in [0.717, 1.165) is 0 Å². The molecule has 0 saturated carbocycles. The van der Waals surface area contributed by atoms with Crippen LogP contribution in [0.15, 0.2) is 0 Å². The predicted octanol–water partition coefficient (Wildman–Crippen LogP) is -0.624. The average molecular weight is 132 g/mol. The van der Waals surface area contributed by atoms with Crippen molar-refractivity contribution >= 4 is 0 Å². The Morgan fingerprint density at radius 1 is 1.56 bits per heavy atom. The van der Waals surface area contributed by atoms with E-state index in [4.69, 9.17) is 14.9 Å². The minimum atomic E-state index is -0.417. The first-order valence-corrected chi connectivity index (χ1v) is 3.06. The molecule has 1 saturated heterocycles. The van der Waals surface area contributed by atoms with Gasteiger partial charge in [-0.3, -0.25) is 0 Å². The molecule has 0 bridgehead atoms. The molecule has 3 nitrogen and oxygen atoms in total. The second kappa shape index (κ2) is 2.25. The van der Waals surface area contributed by atoms with Crippen LogP contribution in [-0.2, 0) is 4.74 Å². The number of hydrogen-bond acceptors (Lipinski definition) is 3. The van der Waals surface area contributed by atoms with E-state index in [1.165, 1.54) is 0 Å². The number of aliphatic hydroxyl groups is 2. The molecule has 1 unspecified atom stereocenters. The maximum absolute atomic E-state index is 8.76. The summed E-state index contributed by atoms with van der Waals surface area (Å²) in [6, 6.07) is 0. The van der Waals surface area contributed by atoms with Crippen molar-refractivity contribution < 1.29 is 14.9 Å². The van der Waals surface area contributed by atoms with Crippen molar-refractivity contribution in [2.75, 3.05) is 19.8 Å². The number of epoxide rings is 1. The summed E-state index contributed by atoms with van der Waals surface area (Å²) < 4.78 is 4.94. The Balaban J connectivity index is 2.43. The van der Waals surface area contributed by atoms with E-state index in [-0.39, 0.29) is 19.3 Å². The molecule has 0 aromatic heterocycles. The lowest BCUT2D eigenvalue weighted by atomic mass is 9.89. The molecule has 1 aliphatic rings. The molecule has 9 heavy (non-hydrogen) atoms. The second-order valence-electron chi connectivity index (χ2n) is 2.79. The first-order chi connectivity index (χ1) is 4.23. The van der Waals surface area contributed by atoms with E-state index in [2.05, 4.69) is 0 Å². The largest absolute Gasteiger partial charge is 0.396 e. The van der Waals surface area contributed by atoms with Gasteiger partial charge in [0.25, 0.3) is 0 Å². The Kier molecular flexibility index (Phi) is 1.75. The molecule has 3 heteroatoms. The van der Waals surface area contributed by atoms with Crippen LogP contribution in [0, 0.1) is 5.41 Å². The van der Waals surface area contributed by atoms with Gasteiger partial charge in [-0.1, -0.05) is 6.92 Å². The van der Waals surface area contributed by atoms with E-state index >= 15 is 0 Å². The zero-order valence-electron chi connectivity index (χ0n) is 5.50. The third-order valence-electron chi connectivity index (χ3n) is 1.83. The third-order valence-corrected chi connectivity index (χ3v) is 1.83. The Morgan fingerprint density at radius 2 is 2.00 bits per heavy atom. The Bertz CT molecular complexity index is 94.5. The highest BCUT2D eigenvalue weighted by molar-refractivity contribution is 4.89. The summed E-state index contributed by atoms with van der Waals surface area (Å²) in [5.41, 5.74) is -0.417. The van der Waals surface area contributed by atoms with Crippen molar-refractivity contribution in [1.29, 1.82) is 0 Å². The molecule has 0 amide bonds. The van der Waals surface area contributed by atoms with E-state index in [1.807, 2.05) is 6.92 Å². The molecular formula is C6H12O3. The van der Waals surface area contributed by atoms with E-state index in [1.54, 1.807) is 0 Å². The molecule has 1 rings (SSSR count). The van der Waals surface area contributed by atoms with Gasteiger partial charge < -0.3 is 14.9 Å². The van der Waals surface area contributed by atoms with Crippen molar-refractivity contribution in [2.45, 2.75) is 13.0 Å². The quantitative estimate of drug-likeness (QED) is 0.503. The fourth-order valence-corrected chi connectivity index (χ4v) is 0.704. The maximum Gasteiger partial charge on any atom is 0.0907 e. The lowest BCUT2D eigenvalue weighted by molar-refractivity contribution is 0.0452. The van der Waals surface area contributed by atoms with Gasteiger partial charge in [0.15, 0.2) is 0 Å². The number of ether oxygens (including phenoxy) is 1. The Morgan fingerprint density at radius 3 is 2.11 bits per heavy atom. The van der Waals surface area contributed by atoms with Crippen LogP contribution in [0.4, 0.5) is 0 Å². The van der Waals surface area contributed by atoms with Gasteiger partial charge in [-0.05, 0) is 0 Å². The van der Waals surface area contributed by atoms with Crippen LogP contribution >= 0.6 is 0 Å². The van der Waals surface area contributed by atoms with Gasteiger partial charge in [0.2, 0.25) is 0 Å². The smallest absolute Gasteiger partial charge is 0.0907 e. The van der Waals surface area contributed by atoms with E-state index < -0.39 is 5.41 Å². The van der Waals surface area contributed by atoms with Crippen molar-refractivity contribution in [2.24, 2.45) is 5.41 Å². The highest BCUT2D eigenvalue weighted by atomic mass is 16.6. The first-order valence-electron chi connectivity index (χ1n) is 3.06. The summed E-state index contributed by atoms with van der Waals surface area (Å²) in [5.74, 6) is 0. The summed E-state index contributed by atoms with van der Waals surface area (Å²) in [6.45, 7) is 2.48. The summed E-state index contributed by atoms with van der Waals surface area (Å²) in [4.78, 5) is 0. The van der Waals surface area contributed by atoms with Crippen molar-refractivity contribution in [3.8, 4) is 0 Å². The molecule has 1 aliphatic heterocycles. The SMILES string of the molecule is CC(CO)(CO)C1CO1. The van der Waals surface area contributed by atoms with Gasteiger partial charge in [-0.15, -0.1) is 0 Å². The molecular weight excluding hydrogens is 120 g/mol. The highest BCUT2D eigenvalue weighted by Gasteiger charge is 2.42. The lowest BCUT2D eigenvalue weighted by Crippen LogP contribution is -2.32. The highest BCUT2D eigenvalue weighted by Crippen LogP contribution is 2.31. The van der Waals surface area contributed by atoms with Gasteiger partial charge in [-0.25, -0.2) is 0 Å². The monoisotopic (exact) mass is 132 g/mol. The average Bonchev–Trinajstić information content (AvgIpc) is 2.68. The second-order valence-corrected chi connectivity index (χ2v) is 2.79. The molecule has 54 valence electrons. The predicted molar refractivity (Wildman–Crippen MR) is 32.0 cm³/mol. The molecule has 2 N–H and O–H groups in total. The number of hydrogen-bond donors (Lipinski definition) is 2. The number of aliphatic hydroxyl groups excluding tert-OH is 2. The van der Waals surface area contributed by atoms with Gasteiger partial charge in [0, 0.05) is 5.41 Å². The van der Waals surface area contributed by atoms with Gasteiger partial charge in [0.1, 0.15) is 0 Å². The summed E-state index contributed by atoms with van der Waals surface area (Å²) in [7, 11) is 0. The summed E-state index contributed by atoms with van der Waals surface area (Å²) >= 11 is 0. The van der Waals surface area contributed by atoms with Crippen LogP contribution in [-0.4, -0.2) is 36.1 Å². The molecule has 0 aromatic carbocycles. The minimum Gasteiger partial charge on any atom is -0.396 e.